The van der Waals surface area contributed by atoms with Gasteiger partial charge < -0.3 is 9.84 Å². The zero-order chi connectivity index (χ0) is 16.2. The maximum absolute atomic E-state index is 12.2. The summed E-state index contributed by atoms with van der Waals surface area (Å²) in [6.45, 7) is 1.07. The van der Waals surface area contributed by atoms with Crippen LogP contribution in [-0.4, -0.2) is 34.5 Å². The third-order valence-electron chi connectivity index (χ3n) is 3.56. The third kappa shape index (κ3) is 3.46. The Kier molecular flexibility index (Phi) is 4.48. The number of rotatable bonds is 5. The highest BCUT2D eigenvalue weighted by Gasteiger charge is 2.07. The van der Waals surface area contributed by atoms with E-state index in [0.717, 1.165) is 27.9 Å². The summed E-state index contributed by atoms with van der Waals surface area (Å²) in [5.41, 5.74) is 3.63. The van der Waals surface area contributed by atoms with Crippen LogP contribution in [0.4, 0.5) is 4.39 Å². The van der Waals surface area contributed by atoms with E-state index in [1.807, 2.05) is 43.3 Å². The summed E-state index contributed by atoms with van der Waals surface area (Å²) in [6, 6.07) is 13.2. The average Bonchev–Trinajstić information content (AvgIpc) is 2.59. The van der Waals surface area contributed by atoms with Crippen molar-refractivity contribution in [2.24, 2.45) is 0 Å². The first-order valence-electron chi connectivity index (χ1n) is 7.37. The van der Waals surface area contributed by atoms with Crippen molar-refractivity contribution in [3.8, 4) is 17.0 Å². The number of hydrogen-bond acceptors (Lipinski definition) is 4. The molecular weight excluding hydrogens is 294 g/mol. The van der Waals surface area contributed by atoms with E-state index in [-0.39, 0.29) is 6.61 Å². The van der Waals surface area contributed by atoms with E-state index in [2.05, 4.69) is 9.97 Å². The molecule has 0 amide bonds. The van der Waals surface area contributed by atoms with E-state index in [1.54, 1.807) is 12.3 Å². The lowest BCUT2D eigenvalue weighted by Gasteiger charge is -2.10. The van der Waals surface area contributed by atoms with Crippen molar-refractivity contribution in [3.63, 3.8) is 0 Å². The topological polar surface area (TPSA) is 55.2 Å². The van der Waals surface area contributed by atoms with Gasteiger partial charge in [0.05, 0.1) is 11.2 Å². The quantitative estimate of drug-likeness (QED) is 0.785. The van der Waals surface area contributed by atoms with Gasteiger partial charge in [-0.25, -0.2) is 9.37 Å². The van der Waals surface area contributed by atoms with Gasteiger partial charge in [-0.15, -0.1) is 0 Å². The highest BCUT2D eigenvalue weighted by atomic mass is 18.2. The highest BCUT2D eigenvalue weighted by Crippen LogP contribution is 2.25. The van der Waals surface area contributed by atoms with E-state index in [0.29, 0.717) is 5.75 Å². The number of ether oxygens (including phenoxy) is 1. The second-order valence-electron chi connectivity index (χ2n) is 5.31. The van der Waals surface area contributed by atoms with Crippen LogP contribution in [-0.2, 0) is 0 Å². The zero-order valence-electron chi connectivity index (χ0n) is 12.7. The second kappa shape index (κ2) is 6.71. The van der Waals surface area contributed by atoms with Crippen molar-refractivity contribution < 1.29 is 14.2 Å². The Morgan fingerprint density at radius 3 is 2.87 bits per heavy atom. The fourth-order valence-corrected chi connectivity index (χ4v) is 2.34. The molecule has 4 nitrogen and oxygen atoms in total. The van der Waals surface area contributed by atoms with Gasteiger partial charge in [-0.3, -0.25) is 4.98 Å². The Balaban J connectivity index is 1.89. The molecule has 0 saturated heterocycles. The summed E-state index contributed by atoms with van der Waals surface area (Å²) in [6.07, 6.45) is 0.662. The van der Waals surface area contributed by atoms with Gasteiger partial charge in [0.2, 0.25) is 0 Å². The second-order valence-corrected chi connectivity index (χ2v) is 5.31. The molecule has 23 heavy (non-hydrogen) atoms. The number of benzene rings is 1. The molecule has 0 aliphatic heterocycles. The minimum atomic E-state index is -1.10. The van der Waals surface area contributed by atoms with Crippen LogP contribution in [0.1, 0.15) is 5.69 Å². The van der Waals surface area contributed by atoms with Crippen LogP contribution < -0.4 is 4.74 Å². The van der Waals surface area contributed by atoms with E-state index < -0.39 is 12.8 Å². The molecule has 0 aliphatic carbocycles. The Morgan fingerprint density at radius 1 is 1.22 bits per heavy atom. The number of halogens is 1. The molecule has 0 radical (unpaired) electrons. The van der Waals surface area contributed by atoms with Gasteiger partial charge in [-0.2, -0.15) is 0 Å². The summed E-state index contributed by atoms with van der Waals surface area (Å²) in [4.78, 5) is 8.94. The molecule has 3 rings (SSSR count). The van der Waals surface area contributed by atoms with Gasteiger partial charge in [-0.05, 0) is 43.3 Å². The Labute approximate surface area is 133 Å². The van der Waals surface area contributed by atoms with Crippen LogP contribution >= 0.6 is 0 Å². The standard InChI is InChI=1S/C18H17FN2O2/c1-12-16(3-2-8-20-12)18-6-4-13-9-15(5-7-17(13)21-18)23-11-14(22)10-19/h2-9,14,22H,10-11H2,1H3/t14-/m1/s1/i19-1. The van der Waals surface area contributed by atoms with Crippen LogP contribution in [0.5, 0.6) is 5.75 Å². The summed E-state index contributed by atoms with van der Waals surface area (Å²) in [5.74, 6) is 0.581. The smallest absolute Gasteiger partial charge is 0.120 e. The van der Waals surface area contributed by atoms with Gasteiger partial charge in [-0.1, -0.05) is 6.07 Å². The maximum atomic E-state index is 12.2. The number of nitrogens with zero attached hydrogens (tertiary/aromatic N) is 2. The van der Waals surface area contributed by atoms with E-state index >= 15 is 0 Å². The number of aliphatic hydroxyl groups excluding tert-OH is 1. The molecule has 5 heteroatoms. The number of pyridine rings is 2. The van der Waals surface area contributed by atoms with E-state index in [1.165, 1.54) is 0 Å². The molecule has 1 N–H and O–H groups in total. The predicted octanol–water partition coefficient (Wildman–Crippen LogP) is 3.31. The molecule has 0 spiro atoms. The molecule has 0 bridgehead atoms. The van der Waals surface area contributed by atoms with E-state index in [4.69, 9.17) is 4.74 Å². The molecule has 1 atom stereocenters. The fourth-order valence-electron chi connectivity index (χ4n) is 2.34. The zero-order valence-corrected chi connectivity index (χ0v) is 12.7. The Hall–Kier alpha value is -2.53. The Bertz CT molecular complexity index is 823. The first-order valence-corrected chi connectivity index (χ1v) is 7.37. The predicted molar refractivity (Wildman–Crippen MR) is 87.2 cm³/mol. The van der Waals surface area contributed by atoms with Crippen molar-refractivity contribution in [3.05, 3.63) is 54.4 Å². The summed E-state index contributed by atoms with van der Waals surface area (Å²) in [7, 11) is 0. The molecule has 0 aliphatic rings. The maximum Gasteiger partial charge on any atom is 0.120 e. The number of aliphatic hydroxyl groups is 1. The molecule has 118 valence electrons. The number of aryl methyl sites for hydroxylation is 1. The largest absolute Gasteiger partial charge is 0.491 e. The highest BCUT2D eigenvalue weighted by molar-refractivity contribution is 5.83. The molecule has 0 saturated carbocycles. The Morgan fingerprint density at radius 2 is 2.09 bits per heavy atom. The van der Waals surface area contributed by atoms with Crippen LogP contribution in [0, 0.1) is 6.92 Å². The van der Waals surface area contributed by atoms with Crippen molar-refractivity contribution in [1.29, 1.82) is 0 Å². The average molecular weight is 311 g/mol. The van der Waals surface area contributed by atoms with Gasteiger partial charge in [0.1, 0.15) is 25.1 Å². The monoisotopic (exact) mass is 311 g/mol. The van der Waals surface area contributed by atoms with Gasteiger partial charge in [0.15, 0.2) is 0 Å². The van der Waals surface area contributed by atoms with Crippen LogP contribution in [0.25, 0.3) is 22.2 Å². The molecule has 0 fully saturated rings. The van der Waals surface area contributed by atoms with Crippen LogP contribution in [0.15, 0.2) is 48.7 Å². The van der Waals surface area contributed by atoms with Gasteiger partial charge in [0, 0.05) is 22.8 Å². The van der Waals surface area contributed by atoms with E-state index in [9.17, 15) is 9.50 Å². The SMILES string of the molecule is Cc1ncccc1-c1ccc2cc(OC[C@H](O)C[18F])ccc2n1. The van der Waals surface area contributed by atoms with Crippen molar-refractivity contribution in [1.82, 2.24) is 9.97 Å². The first kappa shape index (κ1) is 15.4. The van der Waals surface area contributed by atoms with Gasteiger partial charge >= 0.3 is 0 Å². The molecular formula is C18H17FN2O2. The molecule has 1 aromatic carbocycles. The number of hydrogen-bond donors (Lipinski definition) is 1. The number of alkyl halides is 1. The van der Waals surface area contributed by atoms with Gasteiger partial charge in [0.25, 0.3) is 0 Å². The van der Waals surface area contributed by atoms with Crippen molar-refractivity contribution in [2.45, 2.75) is 13.0 Å². The molecule has 3 aromatic rings. The van der Waals surface area contributed by atoms with Crippen LogP contribution in [0.3, 0.4) is 0 Å². The van der Waals surface area contributed by atoms with Crippen molar-refractivity contribution >= 4 is 10.9 Å². The minimum Gasteiger partial charge on any atom is -0.491 e. The molecule has 2 aromatic heterocycles. The summed E-state index contributed by atoms with van der Waals surface area (Å²) in [5, 5.41) is 10.1. The fraction of sp³-hybridized carbons (Fsp3) is 0.222. The lowest BCUT2D eigenvalue weighted by atomic mass is 10.1. The van der Waals surface area contributed by atoms with Crippen molar-refractivity contribution in [2.75, 3.05) is 13.3 Å². The molecule has 0 unspecified atom stereocenters. The number of aromatic nitrogens is 2. The summed E-state index contributed by atoms with van der Waals surface area (Å²) < 4.78 is 17.6. The first-order chi connectivity index (χ1) is 11.2. The third-order valence-corrected chi connectivity index (χ3v) is 3.56. The number of fused-ring (bicyclic) bond motifs is 1. The van der Waals surface area contributed by atoms with Crippen LogP contribution in [0.2, 0.25) is 0 Å². The lowest BCUT2D eigenvalue weighted by Crippen LogP contribution is -2.19. The molecule has 2 heterocycles. The summed E-state index contributed by atoms with van der Waals surface area (Å²) >= 11 is 0. The lowest BCUT2D eigenvalue weighted by molar-refractivity contribution is 0.0842. The normalized spacial score (nSPS) is 12.3. The minimum absolute atomic E-state index is 0.0671.